The molecule has 1 aliphatic rings. The van der Waals surface area contributed by atoms with Crippen LogP contribution in [0.4, 0.5) is 5.69 Å². The number of sulfonamides is 1. The lowest BCUT2D eigenvalue weighted by Crippen LogP contribution is -2.47. The quantitative estimate of drug-likeness (QED) is 0.409. The third-order valence-corrected chi connectivity index (χ3v) is 8.49. The average molecular weight is 524 g/mol. The van der Waals surface area contributed by atoms with Crippen molar-refractivity contribution in [2.45, 2.75) is 50.6 Å². The van der Waals surface area contributed by atoms with Gasteiger partial charge in [-0.05, 0) is 55.0 Å². The third kappa shape index (κ3) is 5.41. The first-order valence-corrected chi connectivity index (χ1v) is 14.0. The number of nitrogens with zero attached hydrogens (tertiary/aromatic N) is 2. The molecule has 8 nitrogen and oxygen atoms in total. The Kier molecular flexibility index (Phi) is 8.02. The van der Waals surface area contributed by atoms with Crippen LogP contribution in [-0.4, -0.2) is 51.4 Å². The van der Waals surface area contributed by atoms with Crippen molar-refractivity contribution in [2.75, 3.05) is 24.5 Å². The molecule has 3 aromatic carbocycles. The minimum atomic E-state index is -3.68. The molecule has 1 aliphatic heterocycles. The zero-order chi connectivity index (χ0) is 26.6. The first-order valence-electron chi connectivity index (χ1n) is 12.5. The van der Waals surface area contributed by atoms with E-state index in [1.165, 1.54) is 4.31 Å². The molecule has 196 valence electrons. The van der Waals surface area contributed by atoms with Crippen LogP contribution in [0.2, 0.25) is 0 Å². The number of nitrogens with one attached hydrogen (secondary N) is 1. The van der Waals surface area contributed by atoms with Crippen LogP contribution in [0.25, 0.3) is 10.8 Å². The van der Waals surface area contributed by atoms with Gasteiger partial charge in [-0.3, -0.25) is 13.9 Å². The van der Waals surface area contributed by atoms with E-state index < -0.39 is 16.1 Å². The molecular formula is C28H33N3O5S. The van der Waals surface area contributed by atoms with Gasteiger partial charge in [0, 0.05) is 31.4 Å². The number of hydrogen-bond donors (Lipinski definition) is 1. The summed E-state index contributed by atoms with van der Waals surface area (Å²) in [6, 6.07) is 17.5. The Morgan fingerprint density at radius 3 is 2.54 bits per heavy atom. The van der Waals surface area contributed by atoms with Crippen molar-refractivity contribution < 1.29 is 22.7 Å². The van der Waals surface area contributed by atoms with E-state index in [1.807, 2.05) is 49.4 Å². The van der Waals surface area contributed by atoms with Gasteiger partial charge in [-0.2, -0.15) is 0 Å². The molecule has 0 unspecified atom stereocenters. The van der Waals surface area contributed by atoms with Crippen LogP contribution >= 0.6 is 0 Å². The van der Waals surface area contributed by atoms with Crippen molar-refractivity contribution in [2.24, 2.45) is 0 Å². The van der Waals surface area contributed by atoms with E-state index in [4.69, 9.17) is 4.74 Å². The van der Waals surface area contributed by atoms with Gasteiger partial charge >= 0.3 is 0 Å². The molecule has 9 heteroatoms. The maximum atomic E-state index is 13.4. The number of carbonyl (C=O) groups is 2. The molecule has 0 fully saturated rings. The first-order chi connectivity index (χ1) is 17.8. The predicted molar refractivity (Wildman–Crippen MR) is 144 cm³/mol. The van der Waals surface area contributed by atoms with Crippen LogP contribution < -0.4 is 14.4 Å². The summed E-state index contributed by atoms with van der Waals surface area (Å²) >= 11 is 0. The fraction of sp³-hybridized carbons (Fsp3) is 0.357. The van der Waals surface area contributed by atoms with Crippen molar-refractivity contribution in [1.29, 1.82) is 0 Å². The minimum absolute atomic E-state index is 0.105. The Morgan fingerprint density at radius 1 is 1.08 bits per heavy atom. The van der Waals surface area contributed by atoms with E-state index in [2.05, 4.69) is 5.32 Å². The van der Waals surface area contributed by atoms with Gasteiger partial charge in [-0.1, -0.05) is 43.3 Å². The second-order valence-electron chi connectivity index (χ2n) is 9.15. The van der Waals surface area contributed by atoms with E-state index in [-0.39, 0.29) is 31.3 Å². The Labute approximate surface area is 218 Å². The summed E-state index contributed by atoms with van der Waals surface area (Å²) < 4.78 is 33.2. The zero-order valence-electron chi connectivity index (χ0n) is 21.4. The van der Waals surface area contributed by atoms with Crippen LogP contribution in [0.1, 0.15) is 38.7 Å². The normalized spacial score (nSPS) is 14.4. The molecule has 0 spiro atoms. The Bertz CT molecular complexity index is 1400. The molecule has 4 rings (SSSR count). The van der Waals surface area contributed by atoms with Gasteiger partial charge in [0.25, 0.3) is 10.0 Å². The smallest absolute Gasteiger partial charge is 0.265 e. The highest BCUT2D eigenvalue weighted by Gasteiger charge is 2.35. The Morgan fingerprint density at radius 2 is 1.81 bits per heavy atom. The number of amides is 2. The fourth-order valence-electron chi connectivity index (χ4n) is 4.66. The van der Waals surface area contributed by atoms with Crippen LogP contribution in [0, 0.1) is 0 Å². The summed E-state index contributed by atoms with van der Waals surface area (Å²) in [4.78, 5) is 28.0. The highest BCUT2D eigenvalue weighted by Crippen LogP contribution is 2.42. The van der Waals surface area contributed by atoms with Gasteiger partial charge in [0.2, 0.25) is 11.8 Å². The SMILES string of the molecule is CCCNC(=O)[C@H](C)N(Cc1cccc(OC)c1)C(=O)CCCN1c2cccc3cccc(c23)S1(=O)=O. The second kappa shape index (κ2) is 11.2. The molecule has 1 N–H and O–H groups in total. The number of ether oxygens (including phenoxy) is 1. The molecular weight excluding hydrogens is 490 g/mol. The minimum Gasteiger partial charge on any atom is -0.497 e. The van der Waals surface area contributed by atoms with Crippen molar-refractivity contribution in [3.05, 3.63) is 66.2 Å². The maximum Gasteiger partial charge on any atom is 0.265 e. The van der Waals surface area contributed by atoms with Crippen molar-refractivity contribution in [3.8, 4) is 5.75 Å². The van der Waals surface area contributed by atoms with E-state index in [0.717, 1.165) is 22.8 Å². The molecule has 0 saturated heterocycles. The predicted octanol–water partition coefficient (Wildman–Crippen LogP) is 4.08. The molecule has 0 aliphatic carbocycles. The van der Waals surface area contributed by atoms with E-state index >= 15 is 0 Å². The molecule has 2 amide bonds. The van der Waals surface area contributed by atoms with Gasteiger partial charge in [-0.25, -0.2) is 8.42 Å². The first kappa shape index (κ1) is 26.5. The Hall–Kier alpha value is -3.59. The second-order valence-corrected chi connectivity index (χ2v) is 11.0. The highest BCUT2D eigenvalue weighted by atomic mass is 32.2. The molecule has 0 saturated carbocycles. The van der Waals surface area contributed by atoms with E-state index in [1.54, 1.807) is 37.1 Å². The topological polar surface area (TPSA) is 96.0 Å². The number of rotatable bonds is 11. The fourth-order valence-corrected chi connectivity index (χ4v) is 6.41. The van der Waals surface area contributed by atoms with Gasteiger partial charge in [0.1, 0.15) is 11.8 Å². The summed E-state index contributed by atoms with van der Waals surface area (Å²) in [5, 5.41) is 4.45. The number of benzene rings is 3. The van der Waals surface area contributed by atoms with E-state index in [0.29, 0.717) is 29.3 Å². The average Bonchev–Trinajstić information content (AvgIpc) is 3.13. The standard InChI is InChI=1S/C28H33N3O5S/c1-4-16-29-28(33)20(2)30(19-21-9-5-12-23(18-21)36-3)26(32)15-8-17-31-24-13-6-10-22-11-7-14-25(27(22)24)37(31,34)35/h5-7,9-14,18,20H,4,8,15-17,19H2,1-3H3,(H,29,33)/t20-/m0/s1. The largest absolute Gasteiger partial charge is 0.497 e. The third-order valence-electron chi connectivity index (χ3n) is 6.64. The summed E-state index contributed by atoms with van der Waals surface area (Å²) in [5.74, 6) is 0.234. The Balaban J connectivity index is 1.49. The van der Waals surface area contributed by atoms with Crippen LogP contribution in [0.15, 0.2) is 65.6 Å². The summed E-state index contributed by atoms with van der Waals surface area (Å²) in [5.41, 5.74) is 1.48. The lowest BCUT2D eigenvalue weighted by Gasteiger charge is -2.29. The summed E-state index contributed by atoms with van der Waals surface area (Å²) in [6.07, 6.45) is 1.22. The van der Waals surface area contributed by atoms with Crippen LogP contribution in [0.5, 0.6) is 5.75 Å². The van der Waals surface area contributed by atoms with Gasteiger partial charge < -0.3 is 15.0 Å². The molecule has 0 radical (unpaired) electrons. The molecule has 0 aromatic heterocycles. The molecule has 37 heavy (non-hydrogen) atoms. The van der Waals surface area contributed by atoms with Gasteiger partial charge in [0.15, 0.2) is 0 Å². The van der Waals surface area contributed by atoms with Crippen LogP contribution in [0.3, 0.4) is 0 Å². The van der Waals surface area contributed by atoms with Crippen molar-refractivity contribution in [3.63, 3.8) is 0 Å². The number of methoxy groups -OCH3 is 1. The molecule has 0 bridgehead atoms. The van der Waals surface area contributed by atoms with Gasteiger partial charge in [0.05, 0.1) is 17.7 Å². The lowest BCUT2D eigenvalue weighted by atomic mass is 10.1. The highest BCUT2D eigenvalue weighted by molar-refractivity contribution is 7.93. The lowest BCUT2D eigenvalue weighted by molar-refractivity contribution is -0.140. The van der Waals surface area contributed by atoms with Crippen LogP contribution in [-0.2, 0) is 26.2 Å². The number of carbonyl (C=O) groups excluding carboxylic acids is 2. The van der Waals surface area contributed by atoms with Crippen molar-refractivity contribution >= 4 is 38.3 Å². The van der Waals surface area contributed by atoms with E-state index in [9.17, 15) is 18.0 Å². The number of anilines is 1. The van der Waals surface area contributed by atoms with Gasteiger partial charge in [-0.15, -0.1) is 0 Å². The number of hydrogen-bond acceptors (Lipinski definition) is 5. The van der Waals surface area contributed by atoms with Crippen molar-refractivity contribution in [1.82, 2.24) is 10.2 Å². The molecule has 3 aromatic rings. The molecule has 1 atom stereocenters. The summed E-state index contributed by atoms with van der Waals surface area (Å²) in [6.45, 7) is 4.62. The summed E-state index contributed by atoms with van der Waals surface area (Å²) in [7, 11) is -2.11. The zero-order valence-corrected chi connectivity index (χ0v) is 22.3. The maximum absolute atomic E-state index is 13.4. The molecule has 1 heterocycles. The monoisotopic (exact) mass is 523 g/mol.